The minimum Gasteiger partial charge on any atom is -0.364 e. The lowest BCUT2D eigenvalue weighted by Gasteiger charge is -2.23. The Morgan fingerprint density at radius 2 is 1.83 bits per heavy atom. The van der Waals surface area contributed by atoms with Crippen LogP contribution in [0.5, 0.6) is 0 Å². The molecule has 184 valence electrons. The van der Waals surface area contributed by atoms with Gasteiger partial charge in [0, 0.05) is 33.6 Å². The van der Waals surface area contributed by atoms with Gasteiger partial charge in [0.1, 0.15) is 5.52 Å². The number of hydrogen-bond donors (Lipinski definition) is 1. The maximum absolute atomic E-state index is 13.2. The fourth-order valence-corrected chi connectivity index (χ4v) is 5.92. The Morgan fingerprint density at radius 3 is 2.67 bits per heavy atom. The van der Waals surface area contributed by atoms with Crippen LogP contribution in [0.15, 0.2) is 60.2 Å². The number of fused-ring (bicyclic) bond motifs is 2. The van der Waals surface area contributed by atoms with Crippen LogP contribution in [0.1, 0.15) is 49.3 Å². The molecule has 3 aromatic heterocycles. The molecule has 5 aromatic rings. The zero-order valence-electron chi connectivity index (χ0n) is 19.4. The SMILES string of the molecule is FC(F)(F)c1cccc(CNc2nc(-c3csc4ccccc34)nc3c2ncn3C2CCCCC2)c1. The standard InChI is InChI=1S/C27H24F3N5S/c28-27(29,30)18-8-6-7-17(13-18)14-31-25-23-26(35(16-32-23)19-9-2-1-3-10-19)34-24(33-25)21-15-36-22-12-5-4-11-20(21)22/h4-8,11-13,15-16,19H,1-3,9-10,14H2,(H,31,33,34). The molecule has 0 spiro atoms. The third-order valence-corrected chi connectivity index (χ3v) is 7.79. The number of nitrogens with one attached hydrogen (secondary N) is 1. The number of rotatable bonds is 5. The molecule has 0 unspecified atom stereocenters. The molecule has 0 radical (unpaired) electrons. The van der Waals surface area contributed by atoms with Crippen LogP contribution in [0.2, 0.25) is 0 Å². The first-order chi connectivity index (χ1) is 17.5. The van der Waals surface area contributed by atoms with Crippen molar-refractivity contribution in [3.05, 3.63) is 71.4 Å². The molecule has 0 amide bonds. The van der Waals surface area contributed by atoms with Gasteiger partial charge >= 0.3 is 6.18 Å². The molecular weight excluding hydrogens is 483 g/mol. The molecule has 1 aliphatic rings. The van der Waals surface area contributed by atoms with Crippen LogP contribution in [-0.2, 0) is 12.7 Å². The minimum atomic E-state index is -4.38. The monoisotopic (exact) mass is 507 g/mol. The van der Waals surface area contributed by atoms with Crippen LogP contribution in [0.25, 0.3) is 32.6 Å². The summed E-state index contributed by atoms with van der Waals surface area (Å²) in [4.78, 5) is 14.4. The summed E-state index contributed by atoms with van der Waals surface area (Å²) >= 11 is 1.64. The lowest BCUT2D eigenvalue weighted by molar-refractivity contribution is -0.137. The molecule has 1 N–H and O–H groups in total. The topological polar surface area (TPSA) is 55.6 Å². The molecule has 1 fully saturated rings. The average Bonchev–Trinajstić information content (AvgIpc) is 3.52. The summed E-state index contributed by atoms with van der Waals surface area (Å²) in [6.45, 7) is 0.191. The molecule has 3 heterocycles. The summed E-state index contributed by atoms with van der Waals surface area (Å²) in [7, 11) is 0. The van der Waals surface area contributed by atoms with E-state index in [1.807, 2.05) is 18.5 Å². The molecule has 6 rings (SSSR count). The van der Waals surface area contributed by atoms with Gasteiger partial charge in [-0.25, -0.2) is 15.0 Å². The van der Waals surface area contributed by atoms with E-state index >= 15 is 0 Å². The molecule has 0 atom stereocenters. The fourth-order valence-electron chi connectivity index (χ4n) is 4.98. The first-order valence-corrected chi connectivity index (χ1v) is 13.0. The second kappa shape index (κ2) is 9.20. The smallest absolute Gasteiger partial charge is 0.364 e. The van der Waals surface area contributed by atoms with E-state index in [1.54, 1.807) is 17.4 Å². The molecule has 36 heavy (non-hydrogen) atoms. The van der Waals surface area contributed by atoms with Gasteiger partial charge < -0.3 is 9.88 Å². The van der Waals surface area contributed by atoms with E-state index < -0.39 is 11.7 Å². The molecule has 5 nitrogen and oxygen atoms in total. The molecule has 1 aliphatic carbocycles. The highest BCUT2D eigenvalue weighted by atomic mass is 32.1. The summed E-state index contributed by atoms with van der Waals surface area (Å²) in [6.07, 6.45) is 3.22. The predicted octanol–water partition coefficient (Wildman–Crippen LogP) is 7.84. The van der Waals surface area contributed by atoms with Crippen molar-refractivity contribution in [1.82, 2.24) is 19.5 Å². The normalized spacial score (nSPS) is 15.1. The van der Waals surface area contributed by atoms with Crippen LogP contribution in [0, 0.1) is 0 Å². The van der Waals surface area contributed by atoms with E-state index in [0.717, 1.165) is 40.2 Å². The summed E-state index contributed by atoms with van der Waals surface area (Å²) in [5.74, 6) is 1.11. The van der Waals surface area contributed by atoms with Crippen molar-refractivity contribution in [1.29, 1.82) is 0 Å². The first kappa shape index (κ1) is 23.0. The highest BCUT2D eigenvalue weighted by molar-refractivity contribution is 7.17. The zero-order valence-corrected chi connectivity index (χ0v) is 20.2. The highest BCUT2D eigenvalue weighted by Crippen LogP contribution is 2.36. The molecular formula is C27H24F3N5S. The van der Waals surface area contributed by atoms with Crippen LogP contribution in [0.3, 0.4) is 0 Å². The van der Waals surface area contributed by atoms with Crippen molar-refractivity contribution in [2.24, 2.45) is 0 Å². The zero-order chi connectivity index (χ0) is 24.7. The Morgan fingerprint density at radius 1 is 1.00 bits per heavy atom. The Bertz CT molecular complexity index is 1530. The second-order valence-electron chi connectivity index (χ2n) is 9.21. The van der Waals surface area contributed by atoms with Gasteiger partial charge in [-0.3, -0.25) is 0 Å². The molecule has 9 heteroatoms. The van der Waals surface area contributed by atoms with Crippen molar-refractivity contribution < 1.29 is 13.2 Å². The summed E-state index contributed by atoms with van der Waals surface area (Å²) in [6, 6.07) is 13.8. The third kappa shape index (κ3) is 4.32. The third-order valence-electron chi connectivity index (χ3n) is 6.83. The van der Waals surface area contributed by atoms with E-state index in [1.165, 1.54) is 31.4 Å². The second-order valence-corrected chi connectivity index (χ2v) is 10.1. The number of halogens is 3. The van der Waals surface area contributed by atoms with Gasteiger partial charge in [0.15, 0.2) is 17.3 Å². The van der Waals surface area contributed by atoms with Gasteiger partial charge in [-0.15, -0.1) is 11.3 Å². The number of anilines is 1. The van der Waals surface area contributed by atoms with Gasteiger partial charge in [0.25, 0.3) is 0 Å². The van der Waals surface area contributed by atoms with E-state index in [-0.39, 0.29) is 6.54 Å². The number of benzene rings is 2. The van der Waals surface area contributed by atoms with Gasteiger partial charge in [-0.05, 0) is 36.6 Å². The summed E-state index contributed by atoms with van der Waals surface area (Å²) in [5, 5.41) is 6.40. The van der Waals surface area contributed by atoms with Crippen molar-refractivity contribution in [3.8, 4) is 11.4 Å². The van der Waals surface area contributed by atoms with E-state index in [0.29, 0.717) is 28.8 Å². The number of thiophene rings is 1. The van der Waals surface area contributed by atoms with Crippen molar-refractivity contribution in [2.75, 3.05) is 5.32 Å². The molecule has 0 aliphatic heterocycles. The number of hydrogen-bond acceptors (Lipinski definition) is 5. The van der Waals surface area contributed by atoms with Gasteiger partial charge in [-0.1, -0.05) is 49.6 Å². The van der Waals surface area contributed by atoms with Crippen LogP contribution in [-0.4, -0.2) is 19.5 Å². The quantitative estimate of drug-likeness (QED) is 0.263. The fraction of sp³-hybridized carbons (Fsp3) is 0.296. The van der Waals surface area contributed by atoms with Crippen LogP contribution < -0.4 is 5.32 Å². The average molecular weight is 508 g/mol. The summed E-state index contributed by atoms with van der Waals surface area (Å²) in [5.41, 5.74) is 2.19. The minimum absolute atomic E-state index is 0.191. The lowest BCUT2D eigenvalue weighted by Crippen LogP contribution is -2.13. The highest BCUT2D eigenvalue weighted by Gasteiger charge is 2.30. The predicted molar refractivity (Wildman–Crippen MR) is 137 cm³/mol. The van der Waals surface area contributed by atoms with Crippen molar-refractivity contribution in [2.45, 2.75) is 50.9 Å². The Balaban J connectivity index is 1.43. The molecule has 1 saturated carbocycles. The molecule has 0 saturated heterocycles. The number of alkyl halides is 3. The summed E-state index contributed by atoms with van der Waals surface area (Å²) < 4.78 is 42.9. The maximum atomic E-state index is 13.2. The van der Waals surface area contributed by atoms with Crippen molar-refractivity contribution >= 4 is 38.4 Å². The number of aromatic nitrogens is 4. The van der Waals surface area contributed by atoms with Gasteiger partial charge in [0.2, 0.25) is 0 Å². The number of nitrogens with zero attached hydrogens (tertiary/aromatic N) is 4. The van der Waals surface area contributed by atoms with Gasteiger partial charge in [0.05, 0.1) is 11.9 Å². The Kier molecular flexibility index (Phi) is 5.87. The Labute approximate surface area is 210 Å². The van der Waals surface area contributed by atoms with Crippen molar-refractivity contribution in [3.63, 3.8) is 0 Å². The lowest BCUT2D eigenvalue weighted by atomic mass is 9.95. The van der Waals surface area contributed by atoms with E-state index in [2.05, 4.69) is 32.4 Å². The molecule has 0 bridgehead atoms. The van der Waals surface area contributed by atoms with Crippen LogP contribution >= 0.6 is 11.3 Å². The van der Waals surface area contributed by atoms with E-state index in [9.17, 15) is 13.2 Å². The van der Waals surface area contributed by atoms with Gasteiger partial charge in [-0.2, -0.15) is 13.2 Å². The Hall–Kier alpha value is -3.46. The largest absolute Gasteiger partial charge is 0.416 e. The first-order valence-electron chi connectivity index (χ1n) is 12.1. The maximum Gasteiger partial charge on any atom is 0.416 e. The van der Waals surface area contributed by atoms with Crippen LogP contribution in [0.4, 0.5) is 19.0 Å². The number of imidazole rings is 1. The van der Waals surface area contributed by atoms with E-state index in [4.69, 9.17) is 9.97 Å². The molecule has 2 aromatic carbocycles.